The smallest absolute Gasteiger partial charge is 0.283 e. The molecule has 0 bridgehead atoms. The average molecular weight is 214 g/mol. The van der Waals surface area contributed by atoms with Crippen LogP contribution in [-0.2, 0) is 4.74 Å². The molecule has 1 aromatic carbocycles. The quantitative estimate of drug-likeness (QED) is 0.692. The fraction of sp³-hybridized carbons (Fsp3) is 0.273. The van der Waals surface area contributed by atoms with Crippen LogP contribution in [0.5, 0.6) is 0 Å². The van der Waals surface area contributed by atoms with Crippen molar-refractivity contribution in [2.24, 2.45) is 0 Å². The zero-order valence-corrected chi connectivity index (χ0v) is 7.79. The van der Waals surface area contributed by atoms with Crippen molar-refractivity contribution in [3.8, 4) is 0 Å². The van der Waals surface area contributed by atoms with Gasteiger partial charge in [0.25, 0.3) is 0 Å². The fourth-order valence-corrected chi connectivity index (χ4v) is 1.67. The van der Waals surface area contributed by atoms with Crippen molar-refractivity contribution in [3.05, 3.63) is 41.5 Å². The Hall–Kier alpha value is -1.29. The maximum Gasteiger partial charge on any atom is 0.523 e. The molecule has 2 rings (SSSR count). The lowest BCUT2D eigenvalue weighted by atomic mass is 9.95. The average Bonchev–Trinajstić information content (AvgIpc) is 2.16. The molecule has 0 heterocycles. The van der Waals surface area contributed by atoms with Gasteiger partial charge in [0, 0.05) is 0 Å². The first kappa shape index (κ1) is 10.2. The van der Waals surface area contributed by atoms with Gasteiger partial charge in [0.1, 0.15) is 0 Å². The second-order valence-electron chi connectivity index (χ2n) is 3.32. The van der Waals surface area contributed by atoms with Crippen molar-refractivity contribution in [1.82, 2.24) is 0 Å². The number of hydrogen-bond acceptors (Lipinski definition) is 1. The minimum absolute atomic E-state index is 0.260. The SMILES string of the molecule is FC(F)(F)OC1CC=Cc2ccccc21. The van der Waals surface area contributed by atoms with Gasteiger partial charge in [-0.05, 0) is 17.5 Å². The summed E-state index contributed by atoms with van der Waals surface area (Å²) in [6.45, 7) is 0. The number of rotatable bonds is 1. The van der Waals surface area contributed by atoms with Crippen molar-refractivity contribution in [2.45, 2.75) is 18.9 Å². The Labute approximate surface area is 85.2 Å². The highest BCUT2D eigenvalue weighted by atomic mass is 19.4. The standard InChI is InChI=1S/C11H9F3O/c12-11(13,14)15-10-7-3-5-8-4-1-2-6-9(8)10/h1-6,10H,7H2. The van der Waals surface area contributed by atoms with Crippen LogP contribution in [0.1, 0.15) is 23.7 Å². The first-order chi connectivity index (χ1) is 7.06. The Balaban J connectivity index is 2.27. The third kappa shape index (κ3) is 2.39. The van der Waals surface area contributed by atoms with Crippen molar-refractivity contribution in [3.63, 3.8) is 0 Å². The van der Waals surface area contributed by atoms with Crippen LogP contribution >= 0.6 is 0 Å². The fourth-order valence-electron chi connectivity index (χ4n) is 1.67. The van der Waals surface area contributed by atoms with Gasteiger partial charge in [-0.1, -0.05) is 36.4 Å². The lowest BCUT2D eigenvalue weighted by Crippen LogP contribution is -2.19. The summed E-state index contributed by atoms with van der Waals surface area (Å²) in [5.74, 6) is 0. The minimum Gasteiger partial charge on any atom is -0.283 e. The van der Waals surface area contributed by atoms with E-state index in [1.165, 1.54) is 0 Å². The molecule has 80 valence electrons. The minimum atomic E-state index is -4.58. The molecule has 0 saturated heterocycles. The van der Waals surface area contributed by atoms with Crippen LogP contribution in [0.2, 0.25) is 0 Å². The maximum atomic E-state index is 12.1. The summed E-state index contributed by atoms with van der Waals surface area (Å²) in [6, 6.07) is 6.94. The molecule has 0 aromatic heterocycles. The van der Waals surface area contributed by atoms with E-state index in [0.717, 1.165) is 5.56 Å². The van der Waals surface area contributed by atoms with Gasteiger partial charge in [0.2, 0.25) is 0 Å². The van der Waals surface area contributed by atoms with Gasteiger partial charge in [-0.2, -0.15) is 0 Å². The third-order valence-electron chi connectivity index (χ3n) is 2.27. The van der Waals surface area contributed by atoms with E-state index in [4.69, 9.17) is 0 Å². The summed E-state index contributed by atoms with van der Waals surface area (Å²) < 4.78 is 40.3. The highest BCUT2D eigenvalue weighted by Gasteiger charge is 2.34. The molecule has 0 aliphatic heterocycles. The van der Waals surface area contributed by atoms with E-state index < -0.39 is 12.5 Å². The number of fused-ring (bicyclic) bond motifs is 1. The van der Waals surface area contributed by atoms with Gasteiger partial charge in [0.15, 0.2) is 0 Å². The Kier molecular flexibility index (Phi) is 2.52. The van der Waals surface area contributed by atoms with Crippen molar-refractivity contribution >= 4 is 6.08 Å². The van der Waals surface area contributed by atoms with Crippen LogP contribution in [0.25, 0.3) is 6.08 Å². The second kappa shape index (κ2) is 3.70. The lowest BCUT2D eigenvalue weighted by Gasteiger charge is -2.22. The molecule has 1 aromatic rings. The van der Waals surface area contributed by atoms with Crippen molar-refractivity contribution in [2.75, 3.05) is 0 Å². The molecule has 0 N–H and O–H groups in total. The van der Waals surface area contributed by atoms with Gasteiger partial charge >= 0.3 is 6.36 Å². The van der Waals surface area contributed by atoms with Crippen LogP contribution in [0.4, 0.5) is 13.2 Å². The predicted molar refractivity (Wildman–Crippen MR) is 50.0 cm³/mol. The largest absolute Gasteiger partial charge is 0.523 e. The van der Waals surface area contributed by atoms with Crippen LogP contribution in [0, 0.1) is 0 Å². The molecule has 4 heteroatoms. The van der Waals surface area contributed by atoms with Gasteiger partial charge < -0.3 is 0 Å². The second-order valence-corrected chi connectivity index (χ2v) is 3.32. The van der Waals surface area contributed by atoms with E-state index in [2.05, 4.69) is 4.74 Å². The Morgan fingerprint density at radius 2 is 1.93 bits per heavy atom. The number of halogens is 3. The summed E-state index contributed by atoms with van der Waals surface area (Å²) in [4.78, 5) is 0. The monoisotopic (exact) mass is 214 g/mol. The molecule has 1 atom stereocenters. The molecule has 0 amide bonds. The summed E-state index contributed by atoms with van der Waals surface area (Å²) in [5.41, 5.74) is 1.38. The highest BCUT2D eigenvalue weighted by molar-refractivity contribution is 5.56. The van der Waals surface area contributed by atoms with Crippen LogP contribution in [-0.4, -0.2) is 6.36 Å². The Morgan fingerprint density at radius 1 is 1.20 bits per heavy atom. The molecule has 15 heavy (non-hydrogen) atoms. The van der Waals surface area contributed by atoms with Gasteiger partial charge in [-0.15, -0.1) is 13.2 Å². The third-order valence-corrected chi connectivity index (χ3v) is 2.27. The number of benzene rings is 1. The van der Waals surface area contributed by atoms with Crippen LogP contribution in [0.15, 0.2) is 30.3 Å². The van der Waals surface area contributed by atoms with Crippen molar-refractivity contribution in [1.29, 1.82) is 0 Å². The molecule has 1 unspecified atom stereocenters. The topological polar surface area (TPSA) is 9.23 Å². The van der Waals surface area contributed by atoms with Gasteiger partial charge in [-0.25, -0.2) is 0 Å². The van der Waals surface area contributed by atoms with E-state index in [1.54, 1.807) is 30.3 Å². The Morgan fingerprint density at radius 3 is 2.67 bits per heavy atom. The lowest BCUT2D eigenvalue weighted by molar-refractivity contribution is -0.344. The predicted octanol–water partition coefficient (Wildman–Crippen LogP) is 3.68. The van der Waals surface area contributed by atoms with E-state index in [-0.39, 0.29) is 6.42 Å². The summed E-state index contributed by atoms with van der Waals surface area (Å²) in [5, 5.41) is 0. The number of ether oxygens (including phenoxy) is 1. The first-order valence-corrected chi connectivity index (χ1v) is 4.56. The molecular weight excluding hydrogens is 205 g/mol. The van der Waals surface area contributed by atoms with Gasteiger partial charge in [0.05, 0.1) is 6.10 Å². The van der Waals surface area contributed by atoms with Gasteiger partial charge in [-0.3, -0.25) is 4.74 Å². The molecule has 0 saturated carbocycles. The first-order valence-electron chi connectivity index (χ1n) is 4.56. The van der Waals surface area contributed by atoms with E-state index in [9.17, 15) is 13.2 Å². The van der Waals surface area contributed by atoms with E-state index >= 15 is 0 Å². The Bertz CT molecular complexity index is 382. The summed E-state index contributed by atoms with van der Waals surface area (Å²) >= 11 is 0. The molecule has 0 radical (unpaired) electrons. The summed E-state index contributed by atoms with van der Waals surface area (Å²) in [6.07, 6.45) is -1.73. The van der Waals surface area contributed by atoms with Crippen molar-refractivity contribution < 1.29 is 17.9 Å². The molecular formula is C11H9F3O. The zero-order valence-electron chi connectivity index (χ0n) is 7.79. The molecule has 0 fully saturated rings. The van der Waals surface area contributed by atoms with E-state index in [1.807, 2.05) is 6.08 Å². The highest BCUT2D eigenvalue weighted by Crippen LogP contribution is 2.35. The normalized spacial score (nSPS) is 20.1. The molecule has 0 spiro atoms. The summed E-state index contributed by atoms with van der Waals surface area (Å²) in [7, 11) is 0. The molecule has 1 aliphatic carbocycles. The zero-order chi connectivity index (χ0) is 10.9. The van der Waals surface area contributed by atoms with Crippen LogP contribution < -0.4 is 0 Å². The molecule has 1 aliphatic rings. The van der Waals surface area contributed by atoms with E-state index in [0.29, 0.717) is 5.56 Å². The molecule has 1 nitrogen and oxygen atoms in total. The maximum absolute atomic E-state index is 12.1. The van der Waals surface area contributed by atoms with Crippen LogP contribution in [0.3, 0.4) is 0 Å². The number of hydrogen-bond donors (Lipinski definition) is 0. The number of alkyl halides is 3.